The fourth-order valence-electron chi connectivity index (χ4n) is 2.87. The fourth-order valence-corrected chi connectivity index (χ4v) is 4.30. The highest BCUT2D eigenvalue weighted by Crippen LogP contribution is 2.13. The number of carbonyl (C=O) groups is 1. The van der Waals surface area contributed by atoms with Crippen molar-refractivity contribution in [2.75, 3.05) is 33.2 Å². The van der Waals surface area contributed by atoms with Gasteiger partial charge in [-0.05, 0) is 12.1 Å². The van der Waals surface area contributed by atoms with Gasteiger partial charge in [-0.1, -0.05) is 5.16 Å². The van der Waals surface area contributed by atoms with Crippen molar-refractivity contribution < 1.29 is 22.2 Å². The van der Waals surface area contributed by atoms with Gasteiger partial charge in [-0.15, -0.1) is 24.0 Å². The van der Waals surface area contributed by atoms with Gasteiger partial charge in [0.1, 0.15) is 17.8 Å². The van der Waals surface area contributed by atoms with Crippen molar-refractivity contribution in [2.24, 2.45) is 10.7 Å². The molecule has 13 heteroatoms. The number of hydrogen-bond donors (Lipinski definition) is 2. The van der Waals surface area contributed by atoms with Gasteiger partial charge >= 0.3 is 0 Å². The number of nitrogens with zero attached hydrogens (tertiary/aromatic N) is 4. The van der Waals surface area contributed by atoms with E-state index in [4.69, 9.17) is 14.7 Å². The van der Waals surface area contributed by atoms with Crippen LogP contribution in [0.4, 0.5) is 0 Å². The van der Waals surface area contributed by atoms with E-state index in [1.807, 2.05) is 4.90 Å². The average molecular weight is 538 g/mol. The molecule has 0 unspecified atom stereocenters. The first-order valence-corrected chi connectivity index (χ1v) is 10.2. The van der Waals surface area contributed by atoms with Gasteiger partial charge in [-0.3, -0.25) is 9.79 Å². The lowest BCUT2D eigenvalue weighted by Crippen LogP contribution is -2.53. The topological polar surface area (TPSA) is 147 Å². The van der Waals surface area contributed by atoms with E-state index in [2.05, 4.69) is 15.5 Å². The molecule has 0 atom stereocenters. The zero-order valence-electron chi connectivity index (χ0n) is 15.8. The molecule has 1 aliphatic heterocycles. The molecule has 2 aromatic rings. The third-order valence-corrected chi connectivity index (χ3v) is 6.10. The largest absolute Gasteiger partial charge is 0.454 e. The Morgan fingerprint density at radius 1 is 1.28 bits per heavy atom. The molecule has 3 heterocycles. The van der Waals surface area contributed by atoms with Crippen LogP contribution in [0.2, 0.25) is 0 Å². The zero-order valence-corrected chi connectivity index (χ0v) is 18.9. The van der Waals surface area contributed by atoms with E-state index in [0.29, 0.717) is 50.1 Å². The summed E-state index contributed by atoms with van der Waals surface area (Å²) in [6.07, 6.45) is 1.35. The number of halogens is 1. The van der Waals surface area contributed by atoms with Crippen LogP contribution < -0.4 is 11.1 Å². The van der Waals surface area contributed by atoms with E-state index in [1.165, 1.54) is 22.7 Å². The predicted molar refractivity (Wildman–Crippen MR) is 115 cm³/mol. The summed E-state index contributed by atoms with van der Waals surface area (Å²) in [6, 6.07) is 4.72. The van der Waals surface area contributed by atoms with Crippen LogP contribution in [0.1, 0.15) is 22.0 Å². The molecule has 160 valence electrons. The van der Waals surface area contributed by atoms with Gasteiger partial charge in [0.2, 0.25) is 10.0 Å². The standard InChI is InChI=1S/C16H22N6O5S.HI/c1-18-16(19-10-13-2-3-14(27-13)15(17)23)21-5-7-22(8-6-21)28(24,25)11-12-4-9-26-20-12;/h2-4,9H,5-8,10-11H2,1H3,(H2,17,23)(H,18,19);1H. The van der Waals surface area contributed by atoms with Gasteiger partial charge in [-0.2, -0.15) is 4.31 Å². The maximum absolute atomic E-state index is 12.5. The maximum Gasteiger partial charge on any atom is 0.284 e. The fraction of sp³-hybridized carbons (Fsp3) is 0.438. The molecule has 2 aromatic heterocycles. The van der Waals surface area contributed by atoms with E-state index < -0.39 is 15.9 Å². The molecular formula is C16H23IN6O5S. The number of carbonyl (C=O) groups excluding carboxylic acids is 1. The Bertz CT molecular complexity index is 935. The minimum Gasteiger partial charge on any atom is -0.454 e. The first kappa shape index (κ1) is 23.2. The Labute approximate surface area is 185 Å². The molecule has 3 N–H and O–H groups in total. The number of hydrogen-bond acceptors (Lipinski definition) is 7. The summed E-state index contributed by atoms with van der Waals surface area (Å²) in [7, 11) is -1.81. The highest BCUT2D eigenvalue weighted by atomic mass is 127. The molecule has 3 rings (SSSR count). The summed E-state index contributed by atoms with van der Waals surface area (Å²) >= 11 is 0. The third kappa shape index (κ3) is 5.93. The number of amides is 1. The molecule has 0 radical (unpaired) electrons. The molecule has 1 fully saturated rings. The first-order chi connectivity index (χ1) is 13.4. The number of nitrogens with two attached hydrogens (primary N) is 1. The van der Waals surface area contributed by atoms with Crippen LogP contribution in [0.5, 0.6) is 0 Å². The summed E-state index contributed by atoms with van der Waals surface area (Å²) in [4.78, 5) is 17.3. The normalized spacial score (nSPS) is 15.8. The second-order valence-corrected chi connectivity index (χ2v) is 8.13. The van der Waals surface area contributed by atoms with E-state index >= 15 is 0 Å². The number of aliphatic imine (C=N–C) groups is 1. The average Bonchev–Trinajstić information content (AvgIpc) is 3.34. The molecular weight excluding hydrogens is 515 g/mol. The van der Waals surface area contributed by atoms with Crippen LogP contribution in [-0.4, -0.2) is 67.9 Å². The number of nitrogens with one attached hydrogen (secondary N) is 1. The molecule has 0 bridgehead atoms. The van der Waals surface area contributed by atoms with Gasteiger partial charge in [0.05, 0.1) is 12.2 Å². The number of aromatic nitrogens is 1. The van der Waals surface area contributed by atoms with E-state index in [0.717, 1.165) is 0 Å². The number of furan rings is 1. The lowest BCUT2D eigenvalue weighted by molar-refractivity contribution is 0.0972. The molecule has 1 aliphatic rings. The number of sulfonamides is 1. The van der Waals surface area contributed by atoms with Crippen molar-refractivity contribution in [3.63, 3.8) is 0 Å². The van der Waals surface area contributed by atoms with Crippen molar-refractivity contribution >= 4 is 45.9 Å². The molecule has 0 saturated carbocycles. The van der Waals surface area contributed by atoms with Crippen LogP contribution in [0.3, 0.4) is 0 Å². The molecule has 1 saturated heterocycles. The SMILES string of the molecule is CN=C(NCc1ccc(C(N)=O)o1)N1CCN(S(=O)(=O)Cc2ccon2)CC1.I. The molecule has 0 aromatic carbocycles. The zero-order chi connectivity index (χ0) is 20.1. The Morgan fingerprint density at radius 3 is 2.55 bits per heavy atom. The molecule has 0 spiro atoms. The van der Waals surface area contributed by atoms with Crippen LogP contribution in [0.15, 0.2) is 38.4 Å². The first-order valence-electron chi connectivity index (χ1n) is 8.60. The maximum atomic E-state index is 12.5. The van der Waals surface area contributed by atoms with Gasteiger partial charge < -0.3 is 24.9 Å². The summed E-state index contributed by atoms with van der Waals surface area (Å²) in [5, 5.41) is 6.80. The Kier molecular flexibility index (Phi) is 8.04. The van der Waals surface area contributed by atoms with Crippen LogP contribution in [0, 0.1) is 0 Å². The number of piperazine rings is 1. The minimum atomic E-state index is -3.46. The minimum absolute atomic E-state index is 0. The van der Waals surface area contributed by atoms with Gasteiger partial charge in [0.15, 0.2) is 11.7 Å². The van der Waals surface area contributed by atoms with E-state index in [9.17, 15) is 13.2 Å². The van der Waals surface area contributed by atoms with E-state index in [1.54, 1.807) is 13.1 Å². The summed E-state index contributed by atoms with van der Waals surface area (Å²) in [5.41, 5.74) is 5.55. The quantitative estimate of drug-likeness (QED) is 0.302. The molecule has 1 amide bonds. The monoisotopic (exact) mass is 538 g/mol. The molecule has 11 nitrogen and oxygen atoms in total. The highest BCUT2D eigenvalue weighted by molar-refractivity contribution is 14.0. The Balaban J connectivity index is 0.00000300. The Morgan fingerprint density at radius 2 is 2.00 bits per heavy atom. The van der Waals surface area contributed by atoms with Gasteiger partial charge in [-0.25, -0.2) is 8.42 Å². The van der Waals surface area contributed by atoms with Crippen LogP contribution >= 0.6 is 24.0 Å². The van der Waals surface area contributed by atoms with E-state index in [-0.39, 0.29) is 35.5 Å². The highest BCUT2D eigenvalue weighted by Gasteiger charge is 2.29. The number of primary amides is 1. The van der Waals surface area contributed by atoms with Gasteiger partial charge in [0.25, 0.3) is 5.91 Å². The summed E-state index contributed by atoms with van der Waals surface area (Å²) in [5.74, 6) is 0.447. The van der Waals surface area contributed by atoms with Crippen molar-refractivity contribution in [3.05, 3.63) is 41.7 Å². The van der Waals surface area contributed by atoms with Crippen molar-refractivity contribution in [3.8, 4) is 0 Å². The predicted octanol–water partition coefficient (Wildman–Crippen LogP) is 0.208. The van der Waals surface area contributed by atoms with Crippen molar-refractivity contribution in [1.29, 1.82) is 0 Å². The lowest BCUT2D eigenvalue weighted by Gasteiger charge is -2.35. The van der Waals surface area contributed by atoms with Crippen molar-refractivity contribution in [2.45, 2.75) is 12.3 Å². The summed E-state index contributed by atoms with van der Waals surface area (Å²) in [6.45, 7) is 1.98. The van der Waals surface area contributed by atoms with Crippen LogP contribution in [0.25, 0.3) is 0 Å². The van der Waals surface area contributed by atoms with Gasteiger partial charge in [0, 0.05) is 39.3 Å². The lowest BCUT2D eigenvalue weighted by atomic mass is 10.4. The molecule has 0 aliphatic carbocycles. The number of rotatable bonds is 6. The van der Waals surface area contributed by atoms with Crippen molar-refractivity contribution in [1.82, 2.24) is 19.7 Å². The Hall–Kier alpha value is -2.13. The second-order valence-electron chi connectivity index (χ2n) is 6.16. The smallest absolute Gasteiger partial charge is 0.284 e. The summed E-state index contributed by atoms with van der Waals surface area (Å²) < 4.78 is 36.5. The third-order valence-electron chi connectivity index (χ3n) is 4.29. The second kappa shape index (κ2) is 10.1. The number of guanidine groups is 1. The van der Waals surface area contributed by atoms with Crippen LogP contribution in [-0.2, 0) is 22.3 Å². The molecule has 29 heavy (non-hydrogen) atoms.